The van der Waals surface area contributed by atoms with Crippen LogP contribution in [0.3, 0.4) is 0 Å². The zero-order chi connectivity index (χ0) is 23.9. The van der Waals surface area contributed by atoms with Gasteiger partial charge in [0, 0.05) is 6.07 Å². The lowest BCUT2D eigenvalue weighted by molar-refractivity contribution is -0.144. The van der Waals surface area contributed by atoms with E-state index in [1.165, 1.54) is 70.3 Å². The number of halogens is 1. The van der Waals surface area contributed by atoms with Crippen molar-refractivity contribution in [2.45, 2.75) is 104 Å². The molecule has 1 aromatic rings. The molecule has 4 rings (SSSR count). The molecule has 3 aliphatic carbocycles. The van der Waals surface area contributed by atoms with Gasteiger partial charge in [-0.15, -0.1) is 0 Å². The first-order valence-corrected chi connectivity index (χ1v) is 14.2. The van der Waals surface area contributed by atoms with Crippen LogP contribution in [0.15, 0.2) is 30.4 Å². The molecule has 3 heteroatoms. The highest BCUT2D eigenvalue weighted by atomic mass is 19.1. The van der Waals surface area contributed by atoms with Gasteiger partial charge in [0.1, 0.15) is 11.6 Å². The number of hydrogen-bond donors (Lipinski definition) is 0. The summed E-state index contributed by atoms with van der Waals surface area (Å²) >= 11 is 0. The number of esters is 1. The normalized spacial score (nSPS) is 31.9. The number of hydrogen-bond acceptors (Lipinski definition) is 2. The lowest BCUT2D eigenvalue weighted by atomic mass is 9.59. The fourth-order valence-corrected chi connectivity index (χ4v) is 7.47. The predicted molar refractivity (Wildman–Crippen MR) is 137 cm³/mol. The number of allylic oxidation sites excluding steroid dienone is 2. The van der Waals surface area contributed by atoms with Crippen LogP contribution in [0.4, 0.5) is 4.39 Å². The van der Waals surface area contributed by atoms with Crippen molar-refractivity contribution >= 4 is 5.97 Å². The smallest absolute Gasteiger partial charge is 0.314 e. The summed E-state index contributed by atoms with van der Waals surface area (Å²) in [4.78, 5) is 13.2. The summed E-state index contributed by atoms with van der Waals surface area (Å²) in [6.07, 6.45) is 21.0. The molecule has 3 fully saturated rings. The average Bonchev–Trinajstić information content (AvgIpc) is 2.85. The Labute approximate surface area is 206 Å². The highest BCUT2D eigenvalue weighted by Gasteiger charge is 2.43. The summed E-state index contributed by atoms with van der Waals surface area (Å²) in [6, 6.07) is 4.93. The lowest BCUT2D eigenvalue weighted by Gasteiger charge is -2.46. The molecular weight excluding hydrogens is 423 g/mol. The Kier molecular flexibility index (Phi) is 9.25. The van der Waals surface area contributed by atoms with E-state index < -0.39 is 0 Å². The molecule has 0 N–H and O–H groups in total. The van der Waals surface area contributed by atoms with Gasteiger partial charge in [0.25, 0.3) is 0 Å². The Morgan fingerprint density at radius 1 is 1.03 bits per heavy atom. The largest absolute Gasteiger partial charge is 0.426 e. The summed E-state index contributed by atoms with van der Waals surface area (Å²) in [7, 11) is 0. The summed E-state index contributed by atoms with van der Waals surface area (Å²) in [5, 5.41) is 0. The molecule has 34 heavy (non-hydrogen) atoms. The van der Waals surface area contributed by atoms with Crippen molar-refractivity contribution in [1.82, 2.24) is 0 Å². The van der Waals surface area contributed by atoms with Gasteiger partial charge in [-0.05, 0) is 99.5 Å². The molecule has 188 valence electrons. The molecule has 0 heterocycles. The molecular formula is C31H45FO2. The number of rotatable bonds is 8. The Morgan fingerprint density at radius 3 is 2.56 bits per heavy atom. The van der Waals surface area contributed by atoms with Gasteiger partial charge >= 0.3 is 5.97 Å². The second-order valence-corrected chi connectivity index (χ2v) is 11.4. The minimum atomic E-state index is -0.273. The molecule has 0 amide bonds. The Balaban J connectivity index is 1.31. The molecule has 4 atom stereocenters. The van der Waals surface area contributed by atoms with Crippen molar-refractivity contribution in [2.75, 3.05) is 0 Å². The standard InChI is InChI=1S/C31H45FO2/c1-3-5-6-9-24-16-18-27(21-30(24)32)34-31(33)29-11-7-10-26-20-25(17-19-28(26)29)23-14-12-22(8-4-2)13-15-23/h3,5,16,18,21-23,25-26,28-29H,4,6-15,17,19-20H2,1-2H3/b5-3+. The maximum atomic E-state index is 14.5. The third-order valence-electron chi connectivity index (χ3n) is 9.31. The van der Waals surface area contributed by atoms with Crippen LogP contribution in [0.2, 0.25) is 0 Å². The Morgan fingerprint density at radius 2 is 1.82 bits per heavy atom. The zero-order valence-electron chi connectivity index (χ0n) is 21.4. The van der Waals surface area contributed by atoms with E-state index >= 15 is 0 Å². The topological polar surface area (TPSA) is 26.3 Å². The number of aryl methyl sites for hydroxylation is 1. The van der Waals surface area contributed by atoms with Crippen LogP contribution in [0.1, 0.15) is 103 Å². The first-order chi connectivity index (χ1) is 16.6. The Bertz CT molecular complexity index is 823. The van der Waals surface area contributed by atoms with E-state index in [4.69, 9.17) is 4.74 Å². The van der Waals surface area contributed by atoms with Crippen molar-refractivity contribution in [3.05, 3.63) is 41.7 Å². The molecule has 0 aromatic heterocycles. The highest BCUT2D eigenvalue weighted by Crippen LogP contribution is 2.50. The number of benzene rings is 1. The van der Waals surface area contributed by atoms with Crippen LogP contribution in [0.25, 0.3) is 0 Å². The number of carbonyl (C=O) groups excluding carboxylic acids is 1. The summed E-state index contributed by atoms with van der Waals surface area (Å²) in [6.45, 7) is 4.29. The molecule has 4 unspecified atom stereocenters. The summed E-state index contributed by atoms with van der Waals surface area (Å²) in [5.74, 6) is 3.81. The van der Waals surface area contributed by atoms with Gasteiger partial charge in [-0.2, -0.15) is 0 Å². The third-order valence-corrected chi connectivity index (χ3v) is 9.31. The molecule has 0 spiro atoms. The van der Waals surface area contributed by atoms with Crippen LogP contribution in [0, 0.1) is 41.3 Å². The molecule has 1 aromatic carbocycles. The Hall–Kier alpha value is -1.64. The van der Waals surface area contributed by atoms with E-state index in [0.717, 1.165) is 37.0 Å². The molecule has 0 bridgehead atoms. The maximum absolute atomic E-state index is 14.5. The number of carbonyl (C=O) groups is 1. The van der Waals surface area contributed by atoms with Gasteiger partial charge in [0.05, 0.1) is 5.92 Å². The van der Waals surface area contributed by atoms with E-state index in [9.17, 15) is 9.18 Å². The maximum Gasteiger partial charge on any atom is 0.314 e. The van der Waals surface area contributed by atoms with E-state index in [-0.39, 0.29) is 17.7 Å². The quantitative estimate of drug-likeness (QED) is 0.217. The van der Waals surface area contributed by atoms with Crippen LogP contribution in [-0.2, 0) is 11.2 Å². The van der Waals surface area contributed by atoms with Gasteiger partial charge in [-0.1, -0.05) is 63.7 Å². The summed E-state index contributed by atoms with van der Waals surface area (Å²) in [5.41, 5.74) is 0.678. The van der Waals surface area contributed by atoms with Crippen LogP contribution >= 0.6 is 0 Å². The van der Waals surface area contributed by atoms with E-state index in [0.29, 0.717) is 29.6 Å². The number of fused-ring (bicyclic) bond motifs is 1. The fraction of sp³-hybridized carbons (Fsp3) is 0.710. The minimum Gasteiger partial charge on any atom is -0.426 e. The second-order valence-electron chi connectivity index (χ2n) is 11.4. The zero-order valence-corrected chi connectivity index (χ0v) is 21.4. The van der Waals surface area contributed by atoms with Crippen molar-refractivity contribution in [3.8, 4) is 5.75 Å². The van der Waals surface area contributed by atoms with Gasteiger partial charge in [0.15, 0.2) is 0 Å². The van der Waals surface area contributed by atoms with Crippen molar-refractivity contribution < 1.29 is 13.9 Å². The van der Waals surface area contributed by atoms with Gasteiger partial charge in [-0.25, -0.2) is 4.39 Å². The predicted octanol–water partition coefficient (Wildman–Crippen LogP) is 8.68. The molecule has 0 aliphatic heterocycles. The minimum absolute atomic E-state index is 0.0163. The van der Waals surface area contributed by atoms with E-state index in [1.54, 1.807) is 12.1 Å². The van der Waals surface area contributed by atoms with Crippen LogP contribution in [-0.4, -0.2) is 5.97 Å². The molecule has 0 saturated heterocycles. The van der Waals surface area contributed by atoms with E-state index in [2.05, 4.69) is 6.92 Å². The second kappa shape index (κ2) is 12.4. The summed E-state index contributed by atoms with van der Waals surface area (Å²) < 4.78 is 20.3. The van der Waals surface area contributed by atoms with E-state index in [1.807, 2.05) is 19.1 Å². The van der Waals surface area contributed by atoms with Crippen molar-refractivity contribution in [1.29, 1.82) is 0 Å². The number of ether oxygens (including phenoxy) is 1. The van der Waals surface area contributed by atoms with Gasteiger partial charge < -0.3 is 4.74 Å². The monoisotopic (exact) mass is 468 g/mol. The average molecular weight is 469 g/mol. The SMILES string of the molecule is C/C=C/CCc1ccc(OC(=O)C2CCCC3CC(C4CCC(CCC)CC4)CCC32)cc1F. The van der Waals surface area contributed by atoms with Gasteiger partial charge in [0.2, 0.25) is 0 Å². The molecule has 3 aliphatic rings. The molecule has 3 saturated carbocycles. The lowest BCUT2D eigenvalue weighted by Crippen LogP contribution is -2.40. The van der Waals surface area contributed by atoms with Crippen LogP contribution in [0.5, 0.6) is 5.75 Å². The van der Waals surface area contributed by atoms with Crippen molar-refractivity contribution in [2.24, 2.45) is 35.5 Å². The first-order valence-electron chi connectivity index (χ1n) is 14.2. The van der Waals surface area contributed by atoms with Crippen molar-refractivity contribution in [3.63, 3.8) is 0 Å². The van der Waals surface area contributed by atoms with Crippen LogP contribution < -0.4 is 4.74 Å². The molecule has 0 radical (unpaired) electrons. The fourth-order valence-electron chi connectivity index (χ4n) is 7.47. The van der Waals surface area contributed by atoms with Gasteiger partial charge in [-0.3, -0.25) is 4.79 Å². The first kappa shape index (κ1) is 25.5. The molecule has 2 nitrogen and oxygen atoms in total. The highest BCUT2D eigenvalue weighted by molar-refractivity contribution is 5.75. The third kappa shape index (κ3) is 6.32.